The molecule has 0 radical (unpaired) electrons. The fourth-order valence-corrected chi connectivity index (χ4v) is 2.11. The second kappa shape index (κ2) is 5.24. The summed E-state index contributed by atoms with van der Waals surface area (Å²) in [6.45, 7) is 1.73. The Labute approximate surface area is 107 Å². The lowest BCUT2D eigenvalue weighted by Gasteiger charge is -2.09. The molecule has 0 saturated carbocycles. The standard InChI is InChI=1S/C10H13IN2O3/c1-15-5-7-8(11)10(14)13-9(12-7)6-2-3-16-4-6/h6H,2-5H2,1H3,(H,12,13,14). The fourth-order valence-electron chi connectivity index (χ4n) is 1.70. The van der Waals surface area contributed by atoms with Crippen molar-refractivity contribution in [3.8, 4) is 0 Å². The van der Waals surface area contributed by atoms with Crippen molar-refractivity contribution < 1.29 is 9.47 Å². The maximum absolute atomic E-state index is 11.7. The van der Waals surface area contributed by atoms with Gasteiger partial charge in [-0.3, -0.25) is 4.79 Å². The van der Waals surface area contributed by atoms with Crippen molar-refractivity contribution in [2.45, 2.75) is 18.9 Å². The van der Waals surface area contributed by atoms with Crippen molar-refractivity contribution in [2.75, 3.05) is 20.3 Å². The number of halogens is 1. The Morgan fingerprint density at radius 1 is 1.69 bits per heavy atom. The average molecular weight is 336 g/mol. The molecule has 0 aliphatic carbocycles. The molecule has 16 heavy (non-hydrogen) atoms. The average Bonchev–Trinajstić information content (AvgIpc) is 2.78. The van der Waals surface area contributed by atoms with Gasteiger partial charge in [0.2, 0.25) is 0 Å². The number of nitrogens with zero attached hydrogens (tertiary/aromatic N) is 1. The molecule has 1 aromatic rings. The molecule has 0 spiro atoms. The molecule has 1 aromatic heterocycles. The van der Waals surface area contributed by atoms with Gasteiger partial charge in [-0.2, -0.15) is 0 Å². The predicted octanol–water partition coefficient (Wildman–Crippen LogP) is 1.02. The maximum atomic E-state index is 11.7. The van der Waals surface area contributed by atoms with Crippen LogP contribution >= 0.6 is 22.6 Å². The number of nitrogens with one attached hydrogen (secondary N) is 1. The van der Waals surface area contributed by atoms with Crippen LogP contribution in [0.5, 0.6) is 0 Å². The minimum Gasteiger partial charge on any atom is -0.381 e. The quantitative estimate of drug-likeness (QED) is 0.838. The van der Waals surface area contributed by atoms with E-state index in [4.69, 9.17) is 9.47 Å². The summed E-state index contributed by atoms with van der Waals surface area (Å²) in [5.74, 6) is 0.926. The van der Waals surface area contributed by atoms with Crippen LogP contribution in [0.1, 0.15) is 23.9 Å². The van der Waals surface area contributed by atoms with Crippen LogP contribution < -0.4 is 5.56 Å². The Kier molecular flexibility index (Phi) is 3.93. The molecule has 0 bridgehead atoms. The monoisotopic (exact) mass is 336 g/mol. The first-order chi connectivity index (χ1) is 7.72. The molecule has 1 aliphatic heterocycles. The first-order valence-electron chi connectivity index (χ1n) is 5.07. The van der Waals surface area contributed by atoms with Crippen molar-refractivity contribution in [3.63, 3.8) is 0 Å². The van der Waals surface area contributed by atoms with Crippen molar-refractivity contribution in [3.05, 3.63) is 25.4 Å². The second-order valence-corrected chi connectivity index (χ2v) is 4.78. The van der Waals surface area contributed by atoms with Crippen molar-refractivity contribution in [1.82, 2.24) is 9.97 Å². The Morgan fingerprint density at radius 3 is 3.12 bits per heavy atom. The van der Waals surface area contributed by atoms with E-state index in [-0.39, 0.29) is 11.5 Å². The van der Waals surface area contributed by atoms with Crippen LogP contribution in [0, 0.1) is 3.57 Å². The van der Waals surface area contributed by atoms with E-state index >= 15 is 0 Å². The SMILES string of the molecule is COCc1nc(C2CCOC2)[nH]c(=O)c1I. The summed E-state index contributed by atoms with van der Waals surface area (Å²) < 4.78 is 10.9. The lowest BCUT2D eigenvalue weighted by molar-refractivity contribution is 0.179. The summed E-state index contributed by atoms with van der Waals surface area (Å²) in [6, 6.07) is 0. The summed E-state index contributed by atoms with van der Waals surface area (Å²) in [5, 5.41) is 0. The zero-order valence-corrected chi connectivity index (χ0v) is 11.1. The van der Waals surface area contributed by atoms with Gasteiger partial charge in [0, 0.05) is 19.6 Å². The van der Waals surface area contributed by atoms with Crippen LogP contribution in [0.2, 0.25) is 0 Å². The minimum atomic E-state index is -0.0930. The smallest absolute Gasteiger partial charge is 0.264 e. The van der Waals surface area contributed by atoms with E-state index in [1.807, 2.05) is 22.6 Å². The molecule has 2 rings (SSSR count). The van der Waals surface area contributed by atoms with Crippen molar-refractivity contribution in [2.24, 2.45) is 0 Å². The van der Waals surface area contributed by atoms with Crippen LogP contribution in [-0.2, 0) is 16.1 Å². The number of aromatic amines is 1. The largest absolute Gasteiger partial charge is 0.381 e. The predicted molar refractivity (Wildman–Crippen MR) is 66.5 cm³/mol. The highest BCUT2D eigenvalue weighted by atomic mass is 127. The van der Waals surface area contributed by atoms with E-state index in [9.17, 15) is 4.79 Å². The Morgan fingerprint density at radius 2 is 2.50 bits per heavy atom. The summed E-state index contributed by atoms with van der Waals surface area (Å²) >= 11 is 1.99. The minimum absolute atomic E-state index is 0.0930. The number of hydrogen-bond donors (Lipinski definition) is 1. The highest BCUT2D eigenvalue weighted by Crippen LogP contribution is 2.22. The molecule has 1 fully saturated rings. The van der Waals surface area contributed by atoms with Crippen LogP contribution in [0.3, 0.4) is 0 Å². The molecular weight excluding hydrogens is 323 g/mol. The zero-order valence-electron chi connectivity index (χ0n) is 8.96. The van der Waals surface area contributed by atoms with Crippen LogP contribution in [-0.4, -0.2) is 30.3 Å². The molecule has 1 aliphatic rings. The highest BCUT2D eigenvalue weighted by Gasteiger charge is 2.21. The number of hydrogen-bond acceptors (Lipinski definition) is 4. The van der Waals surface area contributed by atoms with Crippen molar-refractivity contribution in [1.29, 1.82) is 0 Å². The Bertz CT molecular complexity index is 427. The summed E-state index contributed by atoms with van der Waals surface area (Å²) in [5.41, 5.74) is 0.610. The Hall–Kier alpha value is -0.470. The molecule has 1 atom stereocenters. The number of aromatic nitrogens is 2. The molecule has 1 saturated heterocycles. The summed E-state index contributed by atoms with van der Waals surface area (Å²) in [7, 11) is 1.59. The third-order valence-corrected chi connectivity index (χ3v) is 3.66. The van der Waals surface area contributed by atoms with Gasteiger partial charge in [0.15, 0.2) is 0 Å². The van der Waals surface area contributed by atoms with Gasteiger partial charge in [0.25, 0.3) is 5.56 Å². The second-order valence-electron chi connectivity index (χ2n) is 3.71. The first-order valence-corrected chi connectivity index (χ1v) is 6.15. The fraction of sp³-hybridized carbons (Fsp3) is 0.600. The van der Waals surface area contributed by atoms with E-state index in [0.29, 0.717) is 22.5 Å². The van der Waals surface area contributed by atoms with Gasteiger partial charge < -0.3 is 14.5 Å². The lowest BCUT2D eigenvalue weighted by atomic mass is 10.1. The van der Waals surface area contributed by atoms with Gasteiger partial charge >= 0.3 is 0 Å². The number of ether oxygens (including phenoxy) is 2. The van der Waals surface area contributed by atoms with E-state index in [1.54, 1.807) is 7.11 Å². The van der Waals surface area contributed by atoms with Crippen molar-refractivity contribution >= 4 is 22.6 Å². The molecule has 0 amide bonds. The van der Waals surface area contributed by atoms with E-state index in [2.05, 4.69) is 9.97 Å². The topological polar surface area (TPSA) is 64.2 Å². The first kappa shape index (κ1) is 12.0. The van der Waals surface area contributed by atoms with Gasteiger partial charge in [-0.05, 0) is 29.0 Å². The maximum Gasteiger partial charge on any atom is 0.264 e. The molecule has 2 heterocycles. The zero-order chi connectivity index (χ0) is 11.5. The Balaban J connectivity index is 2.35. The molecule has 1 unspecified atom stereocenters. The normalized spacial score (nSPS) is 20.2. The van der Waals surface area contributed by atoms with E-state index in [0.717, 1.165) is 18.9 Å². The van der Waals surface area contributed by atoms with Gasteiger partial charge in [-0.25, -0.2) is 4.98 Å². The molecular formula is C10H13IN2O3. The molecule has 5 nitrogen and oxygen atoms in total. The van der Waals surface area contributed by atoms with Gasteiger partial charge in [0.1, 0.15) is 9.39 Å². The third-order valence-electron chi connectivity index (χ3n) is 2.55. The molecule has 0 aromatic carbocycles. The van der Waals surface area contributed by atoms with E-state index in [1.165, 1.54) is 0 Å². The van der Waals surface area contributed by atoms with Gasteiger partial charge in [-0.1, -0.05) is 0 Å². The number of methoxy groups -OCH3 is 1. The molecule has 88 valence electrons. The van der Waals surface area contributed by atoms with Gasteiger partial charge in [-0.15, -0.1) is 0 Å². The number of H-pyrrole nitrogens is 1. The highest BCUT2D eigenvalue weighted by molar-refractivity contribution is 14.1. The van der Waals surface area contributed by atoms with E-state index < -0.39 is 0 Å². The summed E-state index contributed by atoms with van der Waals surface area (Å²) in [4.78, 5) is 18.9. The lowest BCUT2D eigenvalue weighted by Crippen LogP contribution is -2.20. The van der Waals surface area contributed by atoms with Crippen LogP contribution in [0.4, 0.5) is 0 Å². The van der Waals surface area contributed by atoms with Crippen LogP contribution in [0.25, 0.3) is 0 Å². The summed E-state index contributed by atoms with van der Waals surface area (Å²) in [6.07, 6.45) is 0.913. The molecule has 6 heteroatoms. The number of rotatable bonds is 3. The molecule has 1 N–H and O–H groups in total. The third kappa shape index (κ3) is 2.44. The van der Waals surface area contributed by atoms with Crippen LogP contribution in [0.15, 0.2) is 4.79 Å². The van der Waals surface area contributed by atoms with Gasteiger partial charge in [0.05, 0.1) is 18.9 Å².